The second-order valence-corrected chi connectivity index (χ2v) is 4.97. The van der Waals surface area contributed by atoms with Crippen LogP contribution in [0.15, 0.2) is 28.7 Å². The molecule has 1 aliphatic heterocycles. The van der Waals surface area contributed by atoms with Gasteiger partial charge in [-0.2, -0.15) is 0 Å². The normalized spacial score (nSPS) is 17.2. The van der Waals surface area contributed by atoms with Gasteiger partial charge in [-0.05, 0) is 25.0 Å². The topological polar surface area (TPSA) is 91.6 Å². The number of hydrogen-bond donors (Lipinski definition) is 1. The maximum absolute atomic E-state index is 12.2. The van der Waals surface area contributed by atoms with Crippen LogP contribution in [0.1, 0.15) is 33.8 Å². The number of carbonyl (C=O) groups is 2. The van der Waals surface area contributed by atoms with Crippen LogP contribution in [0.2, 0.25) is 0 Å². The fourth-order valence-corrected chi connectivity index (χ4v) is 2.45. The minimum Gasteiger partial charge on any atom is -0.542 e. The SMILES string of the molecule is O=C([O-])c1cc2cccc(C(=O)NCC3CCCO3)c2o1.[Li+]. The van der Waals surface area contributed by atoms with Crippen LogP contribution in [-0.2, 0) is 4.74 Å². The van der Waals surface area contributed by atoms with E-state index in [1.807, 2.05) is 0 Å². The molecular weight excluding hydrogens is 281 g/mol. The zero-order valence-corrected chi connectivity index (χ0v) is 12.3. The zero-order chi connectivity index (χ0) is 14.8. The Kier molecular flexibility index (Phi) is 5.30. The van der Waals surface area contributed by atoms with Gasteiger partial charge in [0.15, 0.2) is 5.76 Å². The van der Waals surface area contributed by atoms with Gasteiger partial charge in [0.05, 0.1) is 11.7 Å². The molecule has 3 rings (SSSR count). The first kappa shape index (κ1) is 16.6. The molecule has 0 radical (unpaired) electrons. The molecule has 1 unspecified atom stereocenters. The second kappa shape index (κ2) is 7.01. The molecule has 2 aromatic rings. The minimum atomic E-state index is -1.41. The summed E-state index contributed by atoms with van der Waals surface area (Å²) in [7, 11) is 0. The molecule has 0 bridgehead atoms. The van der Waals surface area contributed by atoms with E-state index in [9.17, 15) is 14.7 Å². The van der Waals surface area contributed by atoms with Crippen LogP contribution < -0.4 is 29.3 Å². The van der Waals surface area contributed by atoms with Crippen molar-refractivity contribution in [3.8, 4) is 0 Å². The van der Waals surface area contributed by atoms with Crippen molar-refractivity contribution < 1.29 is 42.7 Å². The number of carboxylic acids is 1. The number of benzene rings is 1. The average molecular weight is 295 g/mol. The number of aromatic carboxylic acids is 1. The Morgan fingerprint density at radius 2 is 2.18 bits per heavy atom. The Morgan fingerprint density at radius 3 is 2.86 bits per heavy atom. The number of ether oxygens (including phenoxy) is 1. The van der Waals surface area contributed by atoms with Gasteiger partial charge in [-0.3, -0.25) is 4.79 Å². The molecule has 1 N–H and O–H groups in total. The van der Waals surface area contributed by atoms with Crippen LogP contribution in [0.25, 0.3) is 11.0 Å². The van der Waals surface area contributed by atoms with Crippen molar-refractivity contribution in [2.24, 2.45) is 0 Å². The summed E-state index contributed by atoms with van der Waals surface area (Å²) in [4.78, 5) is 23.0. The summed E-state index contributed by atoms with van der Waals surface area (Å²) in [5, 5.41) is 14.2. The third kappa shape index (κ3) is 3.36. The van der Waals surface area contributed by atoms with Gasteiger partial charge in [-0.25, -0.2) is 0 Å². The van der Waals surface area contributed by atoms with Crippen molar-refractivity contribution in [1.29, 1.82) is 0 Å². The number of fused-ring (bicyclic) bond motifs is 1. The summed E-state index contributed by atoms with van der Waals surface area (Å²) >= 11 is 0. The predicted octanol–water partition coefficient (Wildman–Crippen LogP) is -2.29. The molecule has 1 aromatic heterocycles. The molecule has 1 aliphatic rings. The van der Waals surface area contributed by atoms with E-state index >= 15 is 0 Å². The summed E-state index contributed by atoms with van der Waals surface area (Å²) < 4.78 is 10.6. The van der Waals surface area contributed by atoms with Gasteiger partial charge >= 0.3 is 18.9 Å². The molecule has 0 aliphatic carbocycles. The van der Waals surface area contributed by atoms with Crippen molar-refractivity contribution in [3.63, 3.8) is 0 Å². The Labute approximate surface area is 139 Å². The zero-order valence-electron chi connectivity index (χ0n) is 12.3. The smallest absolute Gasteiger partial charge is 0.542 e. The van der Waals surface area contributed by atoms with Gasteiger partial charge in [-0.15, -0.1) is 0 Å². The molecule has 1 fully saturated rings. The first-order valence-electron chi connectivity index (χ1n) is 6.79. The van der Waals surface area contributed by atoms with Gasteiger partial charge in [0, 0.05) is 18.5 Å². The van der Waals surface area contributed by atoms with E-state index in [0.717, 1.165) is 19.4 Å². The first-order chi connectivity index (χ1) is 10.1. The van der Waals surface area contributed by atoms with Crippen molar-refractivity contribution in [1.82, 2.24) is 5.32 Å². The number of rotatable bonds is 4. The molecule has 1 saturated heterocycles. The molecule has 6 nitrogen and oxygen atoms in total. The summed E-state index contributed by atoms with van der Waals surface area (Å²) in [6.45, 7) is 1.16. The largest absolute Gasteiger partial charge is 1.00 e. The van der Waals surface area contributed by atoms with Crippen LogP contribution in [-0.4, -0.2) is 31.1 Å². The standard InChI is InChI=1S/C15H15NO5.Li/c17-14(16-8-10-4-2-6-20-10)11-5-1-3-9-7-12(15(18)19)21-13(9)11;/h1,3,5,7,10H,2,4,6,8H2,(H,16,17)(H,18,19);/q;+1/p-1. The van der Waals surface area contributed by atoms with Crippen molar-refractivity contribution in [2.45, 2.75) is 18.9 Å². The van der Waals surface area contributed by atoms with E-state index in [1.54, 1.807) is 18.2 Å². The Morgan fingerprint density at radius 1 is 1.36 bits per heavy atom. The minimum absolute atomic E-state index is 0. The van der Waals surface area contributed by atoms with E-state index in [4.69, 9.17) is 9.15 Å². The summed E-state index contributed by atoms with van der Waals surface area (Å²) in [5.41, 5.74) is 0.555. The number of para-hydroxylation sites is 1. The van der Waals surface area contributed by atoms with Crippen LogP contribution in [0.5, 0.6) is 0 Å². The van der Waals surface area contributed by atoms with Crippen molar-refractivity contribution in [3.05, 3.63) is 35.6 Å². The Bertz CT molecular complexity index is 690. The monoisotopic (exact) mass is 295 g/mol. The van der Waals surface area contributed by atoms with Crippen LogP contribution in [0.3, 0.4) is 0 Å². The van der Waals surface area contributed by atoms with Crippen LogP contribution in [0, 0.1) is 0 Å². The van der Waals surface area contributed by atoms with Crippen LogP contribution >= 0.6 is 0 Å². The molecule has 1 atom stereocenters. The number of furan rings is 1. The Hall–Kier alpha value is -1.74. The summed E-state index contributed by atoms with van der Waals surface area (Å²) in [6.07, 6.45) is 1.98. The van der Waals surface area contributed by atoms with Gasteiger partial charge in [0.25, 0.3) is 5.91 Å². The molecule has 2 heterocycles. The number of nitrogens with one attached hydrogen (secondary N) is 1. The third-order valence-electron chi connectivity index (χ3n) is 3.50. The number of carbonyl (C=O) groups excluding carboxylic acids is 2. The molecule has 7 heteroatoms. The van der Waals surface area contributed by atoms with E-state index in [1.165, 1.54) is 6.07 Å². The van der Waals surface area contributed by atoms with E-state index in [0.29, 0.717) is 17.5 Å². The Balaban J connectivity index is 0.00000176. The van der Waals surface area contributed by atoms with Gasteiger partial charge in [0.1, 0.15) is 11.6 Å². The fourth-order valence-electron chi connectivity index (χ4n) is 2.45. The molecule has 1 amide bonds. The molecular formula is C15H14LiNO5. The first-order valence-corrected chi connectivity index (χ1v) is 6.79. The summed E-state index contributed by atoms with van der Waals surface area (Å²) in [5.74, 6) is -2.00. The summed E-state index contributed by atoms with van der Waals surface area (Å²) in [6, 6.07) is 6.30. The number of hydrogen-bond acceptors (Lipinski definition) is 5. The second-order valence-electron chi connectivity index (χ2n) is 4.97. The number of carboxylic acid groups (broad SMARTS) is 1. The maximum Gasteiger partial charge on any atom is 1.00 e. The molecule has 110 valence electrons. The third-order valence-corrected chi connectivity index (χ3v) is 3.50. The van der Waals surface area contributed by atoms with E-state index in [2.05, 4.69) is 5.32 Å². The molecule has 22 heavy (non-hydrogen) atoms. The molecule has 0 saturated carbocycles. The molecule has 1 aromatic carbocycles. The molecule has 0 spiro atoms. The van der Waals surface area contributed by atoms with Crippen molar-refractivity contribution >= 4 is 22.8 Å². The van der Waals surface area contributed by atoms with Gasteiger partial charge in [0.2, 0.25) is 0 Å². The quantitative estimate of drug-likeness (QED) is 0.641. The maximum atomic E-state index is 12.2. The van der Waals surface area contributed by atoms with Gasteiger partial charge in [-0.1, -0.05) is 12.1 Å². The average Bonchev–Trinajstić information content (AvgIpc) is 3.12. The van der Waals surface area contributed by atoms with E-state index < -0.39 is 5.97 Å². The van der Waals surface area contributed by atoms with Gasteiger partial charge < -0.3 is 24.4 Å². The number of amides is 1. The fraction of sp³-hybridized carbons (Fsp3) is 0.333. The van der Waals surface area contributed by atoms with Crippen LogP contribution in [0.4, 0.5) is 0 Å². The predicted molar refractivity (Wildman–Crippen MR) is 71.9 cm³/mol. The van der Waals surface area contributed by atoms with Crippen molar-refractivity contribution in [2.75, 3.05) is 13.2 Å². The van der Waals surface area contributed by atoms with E-state index in [-0.39, 0.29) is 42.2 Å².